The fourth-order valence-corrected chi connectivity index (χ4v) is 1.74. The summed E-state index contributed by atoms with van der Waals surface area (Å²) in [4.78, 5) is 10.9. The van der Waals surface area contributed by atoms with Crippen LogP contribution >= 0.6 is 0 Å². The monoisotopic (exact) mass is 219 g/mol. The molecule has 1 rings (SSSR count). The van der Waals surface area contributed by atoms with E-state index in [1.165, 1.54) is 6.92 Å². The van der Waals surface area contributed by atoms with Crippen LogP contribution in [0.25, 0.3) is 0 Å². The molecule has 5 atom stereocenters. The van der Waals surface area contributed by atoms with Crippen LogP contribution in [0.3, 0.4) is 0 Å². The fraction of sp³-hybridized carbons (Fsp3) is 0.889. The van der Waals surface area contributed by atoms with E-state index in [1.54, 1.807) is 6.92 Å². The summed E-state index contributed by atoms with van der Waals surface area (Å²) < 4.78 is 5.26. The van der Waals surface area contributed by atoms with Crippen molar-refractivity contribution in [2.45, 2.75) is 44.3 Å². The summed E-state index contributed by atoms with van der Waals surface area (Å²) in [6, 6.07) is -0.653. The van der Waals surface area contributed by atoms with E-state index >= 15 is 0 Å². The van der Waals surface area contributed by atoms with E-state index in [1.807, 2.05) is 0 Å². The Morgan fingerprint density at radius 1 is 1.40 bits per heavy atom. The minimum Gasteiger partial charge on any atom is -0.394 e. The van der Waals surface area contributed by atoms with Gasteiger partial charge >= 0.3 is 0 Å². The van der Waals surface area contributed by atoms with Gasteiger partial charge in [-0.2, -0.15) is 0 Å². The molecule has 1 heterocycles. The molecule has 1 fully saturated rings. The molecule has 2 unspecified atom stereocenters. The summed E-state index contributed by atoms with van der Waals surface area (Å²) in [6.07, 6.45) is -3.58. The second kappa shape index (κ2) is 4.89. The molecule has 6 heteroatoms. The van der Waals surface area contributed by atoms with Crippen molar-refractivity contribution in [1.29, 1.82) is 0 Å². The van der Waals surface area contributed by atoms with Gasteiger partial charge in [-0.05, 0) is 6.92 Å². The van der Waals surface area contributed by atoms with Crippen LogP contribution in [0.2, 0.25) is 0 Å². The van der Waals surface area contributed by atoms with Gasteiger partial charge in [-0.25, -0.2) is 0 Å². The lowest BCUT2D eigenvalue weighted by atomic mass is 9.93. The maximum atomic E-state index is 10.9. The van der Waals surface area contributed by atoms with Gasteiger partial charge in [-0.1, -0.05) is 0 Å². The van der Waals surface area contributed by atoms with Crippen LogP contribution in [-0.2, 0) is 9.53 Å². The fourth-order valence-electron chi connectivity index (χ4n) is 1.74. The maximum Gasteiger partial charge on any atom is 0.217 e. The SMILES string of the molecule is CC(=O)N[C@H]1C(O)[C@H](O)C(CO)O[C@H]1C. The molecule has 1 amide bonds. The normalized spacial score (nSPS) is 41.3. The Morgan fingerprint density at radius 3 is 2.47 bits per heavy atom. The number of nitrogens with one attached hydrogen (secondary N) is 1. The number of amides is 1. The van der Waals surface area contributed by atoms with E-state index in [2.05, 4.69) is 5.32 Å². The molecule has 88 valence electrons. The van der Waals surface area contributed by atoms with Crippen molar-refractivity contribution in [3.05, 3.63) is 0 Å². The van der Waals surface area contributed by atoms with E-state index in [-0.39, 0.29) is 12.5 Å². The summed E-state index contributed by atoms with van der Waals surface area (Å²) in [5, 5.41) is 30.6. The van der Waals surface area contributed by atoms with Gasteiger partial charge in [0.05, 0.1) is 18.8 Å². The van der Waals surface area contributed by atoms with E-state index in [0.29, 0.717) is 0 Å². The molecule has 4 N–H and O–H groups in total. The quantitative estimate of drug-likeness (QED) is 0.430. The zero-order chi connectivity index (χ0) is 11.6. The second-order valence-electron chi connectivity index (χ2n) is 3.77. The highest BCUT2D eigenvalue weighted by Crippen LogP contribution is 2.20. The molecule has 1 aliphatic rings. The molecule has 0 radical (unpaired) electrons. The molecule has 1 saturated heterocycles. The highest BCUT2D eigenvalue weighted by atomic mass is 16.5. The van der Waals surface area contributed by atoms with Crippen molar-refractivity contribution >= 4 is 5.91 Å². The highest BCUT2D eigenvalue weighted by Gasteiger charge is 2.42. The Labute approximate surface area is 87.9 Å². The van der Waals surface area contributed by atoms with Gasteiger partial charge in [0.15, 0.2) is 0 Å². The topological polar surface area (TPSA) is 99.0 Å². The molecule has 0 bridgehead atoms. The van der Waals surface area contributed by atoms with Crippen molar-refractivity contribution in [1.82, 2.24) is 5.32 Å². The summed E-state index contributed by atoms with van der Waals surface area (Å²) >= 11 is 0. The first kappa shape index (κ1) is 12.4. The third-order valence-corrected chi connectivity index (χ3v) is 2.54. The number of aliphatic hydroxyl groups is 3. The van der Waals surface area contributed by atoms with Crippen LogP contribution < -0.4 is 5.32 Å². The third kappa shape index (κ3) is 2.66. The molecule has 0 spiro atoms. The van der Waals surface area contributed by atoms with Crippen LogP contribution in [0.4, 0.5) is 0 Å². The zero-order valence-electron chi connectivity index (χ0n) is 8.75. The lowest BCUT2D eigenvalue weighted by Gasteiger charge is -2.41. The molecule has 0 aliphatic carbocycles. The van der Waals surface area contributed by atoms with E-state index in [9.17, 15) is 15.0 Å². The van der Waals surface area contributed by atoms with Crippen molar-refractivity contribution in [3.8, 4) is 0 Å². The predicted octanol–water partition coefficient (Wildman–Crippen LogP) is -2.01. The van der Waals surface area contributed by atoms with Crippen LogP contribution in [0, 0.1) is 0 Å². The van der Waals surface area contributed by atoms with Crippen LogP contribution in [0.1, 0.15) is 13.8 Å². The molecular formula is C9H17NO5. The lowest BCUT2D eigenvalue weighted by molar-refractivity contribution is -0.190. The van der Waals surface area contributed by atoms with Gasteiger partial charge in [0.2, 0.25) is 5.91 Å². The summed E-state index contributed by atoms with van der Waals surface area (Å²) in [5.41, 5.74) is 0. The number of hydrogen-bond donors (Lipinski definition) is 4. The Kier molecular flexibility index (Phi) is 4.04. The largest absolute Gasteiger partial charge is 0.394 e. The zero-order valence-corrected chi connectivity index (χ0v) is 8.75. The Morgan fingerprint density at radius 2 is 2.00 bits per heavy atom. The van der Waals surface area contributed by atoms with Crippen molar-refractivity contribution < 1.29 is 24.9 Å². The molecule has 0 aromatic carbocycles. The van der Waals surface area contributed by atoms with Crippen molar-refractivity contribution in [2.75, 3.05) is 6.61 Å². The number of aliphatic hydroxyl groups excluding tert-OH is 3. The van der Waals surface area contributed by atoms with Gasteiger partial charge in [0.1, 0.15) is 18.3 Å². The second-order valence-corrected chi connectivity index (χ2v) is 3.77. The van der Waals surface area contributed by atoms with E-state index < -0.39 is 30.5 Å². The van der Waals surface area contributed by atoms with Crippen molar-refractivity contribution in [3.63, 3.8) is 0 Å². The number of rotatable bonds is 2. The van der Waals surface area contributed by atoms with Crippen LogP contribution in [-0.4, -0.2) is 58.3 Å². The molecule has 0 aromatic rings. The molecular weight excluding hydrogens is 202 g/mol. The number of carbonyl (C=O) groups excluding carboxylic acids is 1. The summed E-state index contributed by atoms with van der Waals surface area (Å²) in [5.74, 6) is -0.302. The summed E-state index contributed by atoms with van der Waals surface area (Å²) in [6.45, 7) is 2.62. The highest BCUT2D eigenvalue weighted by molar-refractivity contribution is 5.73. The third-order valence-electron chi connectivity index (χ3n) is 2.54. The number of hydrogen-bond acceptors (Lipinski definition) is 5. The molecule has 1 aliphatic heterocycles. The first-order chi connectivity index (χ1) is 6.97. The summed E-state index contributed by atoms with van der Waals surface area (Å²) in [7, 11) is 0. The minimum absolute atomic E-state index is 0.302. The van der Waals surface area contributed by atoms with Crippen LogP contribution in [0.5, 0.6) is 0 Å². The molecule has 0 aromatic heterocycles. The van der Waals surface area contributed by atoms with Crippen LogP contribution in [0.15, 0.2) is 0 Å². The van der Waals surface area contributed by atoms with Crippen molar-refractivity contribution in [2.24, 2.45) is 0 Å². The van der Waals surface area contributed by atoms with Gasteiger partial charge in [-0.3, -0.25) is 4.79 Å². The Balaban J connectivity index is 2.70. The van der Waals surface area contributed by atoms with Gasteiger partial charge in [-0.15, -0.1) is 0 Å². The molecule has 6 nitrogen and oxygen atoms in total. The average molecular weight is 219 g/mol. The molecule has 15 heavy (non-hydrogen) atoms. The Bertz CT molecular complexity index is 235. The first-order valence-electron chi connectivity index (χ1n) is 4.87. The van der Waals surface area contributed by atoms with Gasteiger partial charge in [0, 0.05) is 6.92 Å². The van der Waals surface area contributed by atoms with E-state index in [4.69, 9.17) is 9.84 Å². The smallest absolute Gasteiger partial charge is 0.217 e. The molecule has 0 saturated carbocycles. The lowest BCUT2D eigenvalue weighted by Crippen LogP contribution is -2.63. The Hall–Kier alpha value is -0.690. The number of ether oxygens (including phenoxy) is 1. The minimum atomic E-state index is -1.19. The average Bonchev–Trinajstić information content (AvgIpc) is 2.18. The van der Waals surface area contributed by atoms with E-state index in [0.717, 1.165) is 0 Å². The first-order valence-corrected chi connectivity index (χ1v) is 4.87. The standard InChI is InChI=1S/C9H17NO5/c1-4-7(10-5(2)12)9(14)8(13)6(3-11)15-4/h4,6-9,11,13-14H,3H2,1-2H3,(H,10,12)/t4-,6?,7+,8+,9?/m0/s1. The number of carbonyl (C=O) groups is 1. The predicted molar refractivity (Wildman–Crippen MR) is 51.0 cm³/mol. The van der Waals surface area contributed by atoms with Gasteiger partial charge < -0.3 is 25.4 Å². The van der Waals surface area contributed by atoms with Gasteiger partial charge in [0.25, 0.3) is 0 Å². The maximum absolute atomic E-state index is 10.9.